The monoisotopic (exact) mass is 351 g/mol. The maximum Gasteiger partial charge on any atom is 0.245 e. The molecule has 2 aromatic rings. The van der Waals surface area contributed by atoms with Crippen LogP contribution in [-0.2, 0) is 11.3 Å². The van der Waals surface area contributed by atoms with E-state index in [0.29, 0.717) is 18.3 Å². The predicted octanol–water partition coefficient (Wildman–Crippen LogP) is 3.56. The highest BCUT2D eigenvalue weighted by atomic mass is 19.1. The van der Waals surface area contributed by atoms with Gasteiger partial charge >= 0.3 is 0 Å². The molecule has 3 N–H and O–H groups in total. The average molecular weight is 351 g/mol. The van der Waals surface area contributed by atoms with Crippen LogP contribution in [0.2, 0.25) is 0 Å². The van der Waals surface area contributed by atoms with Crippen LogP contribution in [-0.4, -0.2) is 10.9 Å². The first-order valence-electron chi connectivity index (χ1n) is 8.87. The zero-order valence-corrected chi connectivity index (χ0v) is 14.9. The minimum atomic E-state index is -0.241. The van der Waals surface area contributed by atoms with E-state index in [1.807, 2.05) is 25.1 Å². The highest BCUT2D eigenvalue weighted by Crippen LogP contribution is 2.39. The van der Waals surface area contributed by atoms with Crippen LogP contribution in [0.1, 0.15) is 30.0 Å². The van der Waals surface area contributed by atoms with E-state index >= 15 is 0 Å². The Morgan fingerprint density at radius 3 is 2.77 bits per heavy atom. The third kappa shape index (κ3) is 2.99. The Balaban J connectivity index is 1.62. The molecular weight excluding hydrogens is 329 g/mol. The van der Waals surface area contributed by atoms with Gasteiger partial charge in [0, 0.05) is 12.5 Å². The smallest absolute Gasteiger partial charge is 0.245 e. The molecule has 0 radical (unpaired) electrons. The van der Waals surface area contributed by atoms with Crippen LogP contribution in [0.4, 0.5) is 4.39 Å². The maximum atomic E-state index is 13.6. The number of benzene rings is 2. The number of aryl methyl sites for hydroxylation is 1. The van der Waals surface area contributed by atoms with Gasteiger partial charge in [0.2, 0.25) is 5.91 Å². The summed E-state index contributed by atoms with van der Waals surface area (Å²) in [5.74, 6) is 6.83. The number of nitrogens with zero attached hydrogens (tertiary/aromatic N) is 1. The normalized spacial score (nSPS) is 20.7. The average Bonchev–Trinajstić information content (AvgIpc) is 3.38. The first kappa shape index (κ1) is 16.8. The number of nitrogens with two attached hydrogens (primary N) is 1. The van der Waals surface area contributed by atoms with Gasteiger partial charge in [-0.25, -0.2) is 15.2 Å². The molecule has 1 aliphatic carbocycles. The first-order valence-corrected chi connectivity index (χ1v) is 8.87. The highest BCUT2D eigenvalue weighted by molar-refractivity contribution is 5.84. The largest absolute Gasteiger partial charge is 0.366 e. The SMILES string of the molecule is Cc1ccc(F)cc1-c1ccc2c(c1)CNC(N(N)C(=O)C1CC1C)=C2. The number of nitrogens with one attached hydrogen (secondary N) is 1. The number of hydrazine groups is 1. The summed E-state index contributed by atoms with van der Waals surface area (Å²) in [5.41, 5.74) is 5.01. The molecule has 1 fully saturated rings. The van der Waals surface area contributed by atoms with Crippen molar-refractivity contribution in [3.05, 3.63) is 64.7 Å². The van der Waals surface area contributed by atoms with Gasteiger partial charge in [-0.1, -0.05) is 25.1 Å². The molecule has 5 heteroatoms. The van der Waals surface area contributed by atoms with Crippen molar-refractivity contribution in [3.8, 4) is 11.1 Å². The van der Waals surface area contributed by atoms with Crippen LogP contribution >= 0.6 is 0 Å². The molecule has 0 bridgehead atoms. The summed E-state index contributed by atoms with van der Waals surface area (Å²) in [5, 5.41) is 4.46. The molecule has 2 unspecified atom stereocenters. The number of hydrogen-bond acceptors (Lipinski definition) is 3. The summed E-state index contributed by atoms with van der Waals surface area (Å²) < 4.78 is 13.6. The van der Waals surface area contributed by atoms with E-state index in [2.05, 4.69) is 18.3 Å². The van der Waals surface area contributed by atoms with Crippen LogP contribution in [0.5, 0.6) is 0 Å². The zero-order chi connectivity index (χ0) is 18.4. The molecule has 0 spiro atoms. The summed E-state index contributed by atoms with van der Waals surface area (Å²) in [6.07, 6.45) is 2.80. The minimum Gasteiger partial charge on any atom is -0.366 e. The molecule has 4 nitrogen and oxygen atoms in total. The molecule has 1 saturated carbocycles. The number of rotatable bonds is 3. The molecule has 4 rings (SSSR count). The molecule has 26 heavy (non-hydrogen) atoms. The third-order valence-electron chi connectivity index (χ3n) is 5.33. The summed E-state index contributed by atoms with van der Waals surface area (Å²) in [6, 6.07) is 10.9. The van der Waals surface area contributed by atoms with Crippen LogP contribution in [0.15, 0.2) is 42.2 Å². The first-order chi connectivity index (χ1) is 12.4. The molecule has 2 aliphatic rings. The molecule has 1 amide bonds. The topological polar surface area (TPSA) is 58.4 Å². The van der Waals surface area contributed by atoms with E-state index in [1.165, 1.54) is 11.1 Å². The Morgan fingerprint density at radius 2 is 2.04 bits per heavy atom. The van der Waals surface area contributed by atoms with Gasteiger partial charge in [-0.2, -0.15) is 0 Å². The lowest BCUT2D eigenvalue weighted by molar-refractivity contribution is -0.131. The summed E-state index contributed by atoms with van der Waals surface area (Å²) in [6.45, 7) is 4.61. The van der Waals surface area contributed by atoms with E-state index in [-0.39, 0.29) is 17.6 Å². The zero-order valence-electron chi connectivity index (χ0n) is 14.9. The molecule has 2 atom stereocenters. The minimum absolute atomic E-state index is 0.0355. The van der Waals surface area contributed by atoms with Gasteiger partial charge in [-0.3, -0.25) is 4.79 Å². The lowest BCUT2D eigenvalue weighted by atomic mass is 9.95. The fourth-order valence-corrected chi connectivity index (χ4v) is 3.47. The number of amides is 1. The second-order valence-corrected chi connectivity index (χ2v) is 7.28. The van der Waals surface area contributed by atoms with Gasteiger partial charge in [-0.15, -0.1) is 0 Å². The second kappa shape index (κ2) is 6.25. The summed E-state index contributed by atoms with van der Waals surface area (Å²) in [7, 11) is 0. The van der Waals surface area contributed by atoms with Gasteiger partial charge in [0.05, 0.1) is 0 Å². The fourth-order valence-electron chi connectivity index (χ4n) is 3.47. The predicted molar refractivity (Wildman–Crippen MR) is 99.7 cm³/mol. The number of carbonyl (C=O) groups is 1. The maximum absolute atomic E-state index is 13.6. The fraction of sp³-hybridized carbons (Fsp3) is 0.286. The Hall–Kier alpha value is -2.66. The molecule has 2 aromatic carbocycles. The Bertz CT molecular complexity index is 921. The van der Waals surface area contributed by atoms with Crippen molar-refractivity contribution in [2.24, 2.45) is 17.7 Å². The van der Waals surface area contributed by atoms with E-state index in [0.717, 1.165) is 34.2 Å². The molecule has 134 valence electrons. The number of hydrogen-bond donors (Lipinski definition) is 2. The number of fused-ring (bicyclic) bond motifs is 1. The van der Waals surface area contributed by atoms with E-state index in [9.17, 15) is 9.18 Å². The van der Waals surface area contributed by atoms with Crippen molar-refractivity contribution in [3.63, 3.8) is 0 Å². The van der Waals surface area contributed by atoms with E-state index in [1.54, 1.807) is 12.1 Å². The lowest BCUT2D eigenvalue weighted by Gasteiger charge is -2.26. The van der Waals surface area contributed by atoms with Crippen LogP contribution in [0, 0.1) is 24.6 Å². The lowest BCUT2D eigenvalue weighted by Crippen LogP contribution is -2.43. The van der Waals surface area contributed by atoms with Crippen molar-refractivity contribution in [1.29, 1.82) is 0 Å². The van der Waals surface area contributed by atoms with Crippen molar-refractivity contribution in [2.45, 2.75) is 26.8 Å². The van der Waals surface area contributed by atoms with E-state index < -0.39 is 0 Å². The molecule has 0 aromatic heterocycles. The Labute approximate surface area is 152 Å². The van der Waals surface area contributed by atoms with Crippen molar-refractivity contribution in [1.82, 2.24) is 10.3 Å². The van der Waals surface area contributed by atoms with Gasteiger partial charge in [0.15, 0.2) is 0 Å². The van der Waals surface area contributed by atoms with Gasteiger partial charge in [0.25, 0.3) is 0 Å². The van der Waals surface area contributed by atoms with Crippen LogP contribution < -0.4 is 11.2 Å². The molecule has 0 saturated heterocycles. The summed E-state index contributed by atoms with van der Waals surface area (Å²) in [4.78, 5) is 12.3. The van der Waals surface area contributed by atoms with Crippen molar-refractivity contribution in [2.75, 3.05) is 0 Å². The van der Waals surface area contributed by atoms with Gasteiger partial charge in [-0.05, 0) is 71.4 Å². The Morgan fingerprint density at radius 1 is 1.27 bits per heavy atom. The quantitative estimate of drug-likeness (QED) is 0.505. The van der Waals surface area contributed by atoms with Crippen molar-refractivity contribution < 1.29 is 9.18 Å². The van der Waals surface area contributed by atoms with Crippen molar-refractivity contribution >= 4 is 12.0 Å². The summed E-state index contributed by atoms with van der Waals surface area (Å²) >= 11 is 0. The molecule has 1 heterocycles. The highest BCUT2D eigenvalue weighted by Gasteiger charge is 2.42. The second-order valence-electron chi connectivity index (χ2n) is 7.28. The molecular formula is C21H22FN3O. The van der Waals surface area contributed by atoms with Crippen LogP contribution in [0.3, 0.4) is 0 Å². The number of carbonyl (C=O) groups excluding carboxylic acids is 1. The number of halogens is 1. The van der Waals surface area contributed by atoms with Crippen LogP contribution in [0.25, 0.3) is 17.2 Å². The molecule has 1 aliphatic heterocycles. The van der Waals surface area contributed by atoms with E-state index in [4.69, 9.17) is 5.84 Å². The Kier molecular flexibility index (Phi) is 4.04. The van der Waals surface area contributed by atoms with Gasteiger partial charge in [0.1, 0.15) is 11.6 Å². The van der Waals surface area contributed by atoms with Gasteiger partial charge < -0.3 is 5.32 Å². The standard InChI is InChI=1S/C21H22FN3O/c1-12-3-6-17(22)10-18(12)15-5-4-14-9-20(24-11-16(14)8-15)25(23)21(26)19-7-13(19)2/h3-6,8-10,13,19,24H,7,11,23H2,1-2H3. The third-order valence-corrected chi connectivity index (χ3v) is 5.33.